The minimum absolute atomic E-state index is 0.0925. The Morgan fingerprint density at radius 3 is 1.85 bits per heavy atom. The summed E-state index contributed by atoms with van der Waals surface area (Å²) in [5.74, 6) is -1.34. The number of ether oxygens (including phenoxy) is 10. The van der Waals surface area contributed by atoms with Gasteiger partial charge in [-0.05, 0) is 104 Å². The lowest BCUT2D eigenvalue weighted by molar-refractivity contribution is -0.365. The van der Waals surface area contributed by atoms with Crippen LogP contribution in [0, 0.1) is 50.2 Å². The van der Waals surface area contributed by atoms with Crippen molar-refractivity contribution in [2.24, 2.45) is 50.2 Å². The minimum Gasteiger partial charge on any atom is -0.432 e. The number of carbonyl (C=O) groups excluding carboxylic acids is 1. The lowest BCUT2D eigenvalue weighted by atomic mass is 9.33. The van der Waals surface area contributed by atoms with Crippen LogP contribution in [0.15, 0.2) is 11.6 Å². The molecule has 0 bridgehead atoms. The monoisotopic (exact) mass is 1210 g/mol. The third kappa shape index (κ3) is 10.7. The molecule has 9 fully saturated rings. The number of aliphatic hydroxyl groups excluding tert-OH is 15. The van der Waals surface area contributed by atoms with Crippen molar-refractivity contribution in [3.05, 3.63) is 11.6 Å². The normalized spacial score (nSPS) is 54.6. The van der Waals surface area contributed by atoms with Crippen molar-refractivity contribution in [3.63, 3.8) is 0 Å². The number of esters is 1. The topological polar surface area (TPSA) is 413 Å². The van der Waals surface area contributed by atoms with E-state index in [2.05, 4.69) is 40.7 Å². The molecule has 15 N–H and O–H groups in total. The molecule has 5 aliphatic heterocycles. The Morgan fingerprint density at radius 1 is 0.560 bits per heavy atom. The molecule has 0 amide bonds. The molecule has 26 heteroatoms. The van der Waals surface area contributed by atoms with Gasteiger partial charge in [-0.3, -0.25) is 4.79 Å². The molecule has 84 heavy (non-hydrogen) atoms. The Bertz CT molecular complexity index is 2350. The van der Waals surface area contributed by atoms with Crippen LogP contribution in [0.3, 0.4) is 0 Å². The zero-order valence-corrected chi connectivity index (χ0v) is 49.1. The Morgan fingerprint density at radius 2 is 1.15 bits per heavy atom. The molecule has 3 unspecified atom stereocenters. The molecule has 10 rings (SSSR count). The summed E-state index contributed by atoms with van der Waals surface area (Å²) in [5, 5.41) is 163. The van der Waals surface area contributed by atoms with Crippen LogP contribution in [0.1, 0.15) is 113 Å². The van der Waals surface area contributed by atoms with Gasteiger partial charge in [-0.15, -0.1) is 0 Å². The molecule has 32 atom stereocenters. The van der Waals surface area contributed by atoms with Crippen LogP contribution >= 0.6 is 0 Å². The Hall–Kier alpha value is -1.75. The van der Waals surface area contributed by atoms with Crippen LogP contribution < -0.4 is 0 Å². The van der Waals surface area contributed by atoms with E-state index in [9.17, 15) is 76.6 Å². The molecule has 0 aromatic carbocycles. The van der Waals surface area contributed by atoms with Crippen molar-refractivity contribution < 1.29 is 129 Å². The molecule has 0 aromatic rings. The highest BCUT2D eigenvalue weighted by Gasteiger charge is 2.72. The first-order chi connectivity index (χ1) is 39.3. The summed E-state index contributed by atoms with van der Waals surface area (Å²) in [6.45, 7) is 14.6. The highest BCUT2D eigenvalue weighted by Crippen LogP contribution is 2.76. The van der Waals surface area contributed by atoms with Crippen molar-refractivity contribution in [3.8, 4) is 0 Å². The van der Waals surface area contributed by atoms with E-state index in [4.69, 9.17) is 47.4 Å². The summed E-state index contributed by atoms with van der Waals surface area (Å²) >= 11 is 0. The first-order valence-electron chi connectivity index (χ1n) is 30.1. The van der Waals surface area contributed by atoms with Gasteiger partial charge in [-0.1, -0.05) is 60.1 Å². The summed E-state index contributed by atoms with van der Waals surface area (Å²) in [4.78, 5) is 15.6. The lowest BCUT2D eigenvalue weighted by Gasteiger charge is -2.71. The largest absolute Gasteiger partial charge is 0.432 e. The van der Waals surface area contributed by atoms with Crippen LogP contribution in [0.2, 0.25) is 0 Å². The molecule has 0 spiro atoms. The van der Waals surface area contributed by atoms with Gasteiger partial charge >= 0.3 is 5.97 Å². The zero-order chi connectivity index (χ0) is 61.3. The predicted molar refractivity (Wildman–Crippen MR) is 283 cm³/mol. The number of hydrogen-bond acceptors (Lipinski definition) is 26. The smallest absolute Gasteiger partial charge is 0.315 e. The Kier molecular flexibility index (Phi) is 18.5. The molecule has 4 saturated carbocycles. The second kappa shape index (κ2) is 23.8. The fraction of sp³-hybridized carbons (Fsp3) is 0.948. The van der Waals surface area contributed by atoms with Crippen molar-refractivity contribution in [1.29, 1.82) is 0 Å². The van der Waals surface area contributed by atoms with E-state index in [1.807, 2.05) is 13.8 Å². The number of fused-ring (bicyclic) bond motifs is 7. The van der Waals surface area contributed by atoms with Gasteiger partial charge in [0.1, 0.15) is 97.7 Å². The van der Waals surface area contributed by atoms with Crippen LogP contribution in [0.25, 0.3) is 0 Å². The molecule has 5 heterocycles. The maximum Gasteiger partial charge on any atom is 0.315 e. The van der Waals surface area contributed by atoms with Crippen LogP contribution in [0.5, 0.6) is 0 Å². The summed E-state index contributed by atoms with van der Waals surface area (Å²) in [5.41, 5.74) is -2.77. The van der Waals surface area contributed by atoms with Gasteiger partial charge in [0.15, 0.2) is 31.3 Å². The quantitative estimate of drug-likeness (QED) is 0.0528. The number of allylic oxidation sites excluding steroid dienone is 1. The third-order valence-electron chi connectivity index (χ3n) is 22.9. The van der Waals surface area contributed by atoms with Crippen molar-refractivity contribution >= 4 is 5.97 Å². The Labute approximate surface area is 488 Å². The molecular formula is C58H94O26. The van der Waals surface area contributed by atoms with E-state index in [1.54, 1.807) is 0 Å². The van der Waals surface area contributed by atoms with E-state index < -0.39 is 207 Å². The molecule has 482 valence electrons. The average Bonchev–Trinajstić information content (AvgIpc) is 0.716. The SMILES string of the molecule is C[C@@H]1O[C@@H](O[C@H]2[C@H](OC(=O)[C@]34CCC(C)(C)[C@@H](O)C3C3=CCC5[C@@]6(C)CC[C@H](O[C@@H]7OC[C@H](O)[C@H](O[C@@H]8O[C@H](CO)[C@@H](O)[C@H](O)[C@H]8O)[C@H]7O)C(C)(C)C6CC[C@@]5(C)[C@]3(C)CC4)O[C@H](CO[C@@H]3OC[C@@H](O)[C@H](O)[C@H]3O)[C@@H](O)[C@@H]2O)[C@H](O)[C@H](O)[C@H]1O. The van der Waals surface area contributed by atoms with E-state index >= 15 is 4.79 Å². The molecule has 5 aliphatic carbocycles. The molecule has 0 radical (unpaired) electrons. The number of aliphatic hydroxyl groups is 15. The fourth-order valence-corrected chi connectivity index (χ4v) is 17.3. The lowest BCUT2D eigenvalue weighted by Crippen LogP contribution is -2.68. The van der Waals surface area contributed by atoms with E-state index in [0.29, 0.717) is 25.7 Å². The molecule has 5 saturated heterocycles. The van der Waals surface area contributed by atoms with Crippen molar-refractivity contribution in [1.82, 2.24) is 0 Å². The first-order valence-corrected chi connectivity index (χ1v) is 30.1. The predicted octanol–water partition coefficient (Wildman–Crippen LogP) is -2.93. The minimum atomic E-state index is -1.95. The van der Waals surface area contributed by atoms with Gasteiger partial charge in [0.2, 0.25) is 6.29 Å². The van der Waals surface area contributed by atoms with Crippen LogP contribution in [-0.2, 0) is 52.2 Å². The summed E-state index contributed by atoms with van der Waals surface area (Å²) in [6, 6.07) is 0. The van der Waals surface area contributed by atoms with Crippen molar-refractivity contribution in [2.75, 3.05) is 26.4 Å². The maximum atomic E-state index is 15.6. The number of hydrogen-bond donors (Lipinski definition) is 15. The van der Waals surface area contributed by atoms with Gasteiger partial charge in [0.25, 0.3) is 0 Å². The van der Waals surface area contributed by atoms with Gasteiger partial charge in [0, 0.05) is 5.92 Å². The van der Waals surface area contributed by atoms with Gasteiger partial charge in [-0.2, -0.15) is 0 Å². The number of rotatable bonds is 12. The summed E-state index contributed by atoms with van der Waals surface area (Å²) in [6.07, 6.45) is -31.2. The summed E-state index contributed by atoms with van der Waals surface area (Å²) < 4.78 is 59.6. The first kappa shape index (κ1) is 65.2. The molecule has 0 aromatic heterocycles. The molecule has 10 aliphatic rings. The zero-order valence-electron chi connectivity index (χ0n) is 49.1. The Balaban J connectivity index is 0.894. The standard InChI is InChI=1S/C58H94O26/c1-23-33(62)37(66)41(70)49(78-23)83-45-39(68)36(65)28(22-77-47-40(69)34(63)25(60)20-75-47)80-51(45)84-52(74)58-17-15-53(2,3)46(73)32(58)24-9-10-30-55(6)13-12-31(54(4,5)29(55)11-14-57(30,8)56(24,7)16-18-58)81-48-43(72)44(26(61)21-76-48)82-50-42(71)38(67)35(64)27(19-59)79-50/h9,23,25-51,59-73H,10-22H2,1-8H3/t23-,25+,26-,27+,28+,29?,30?,31-,32?,33-,34-,35+,36+,37+,38-,39-,40+,41+,42+,43+,44-,45+,46-,47-,48-,49-,50-,51-,55-,56+,57+,58-/m0/s1. The second-order valence-electron chi connectivity index (χ2n) is 28.2. The third-order valence-corrected chi connectivity index (χ3v) is 22.9. The second-order valence-corrected chi connectivity index (χ2v) is 28.2. The highest BCUT2D eigenvalue weighted by molar-refractivity contribution is 5.79. The fourth-order valence-electron chi connectivity index (χ4n) is 17.3. The highest BCUT2D eigenvalue weighted by atomic mass is 16.8. The van der Waals surface area contributed by atoms with Gasteiger partial charge in [0.05, 0.1) is 50.2 Å². The van der Waals surface area contributed by atoms with E-state index in [-0.39, 0.29) is 42.1 Å². The molecular weight excluding hydrogens is 1110 g/mol. The maximum absolute atomic E-state index is 15.6. The van der Waals surface area contributed by atoms with Crippen molar-refractivity contribution in [2.45, 2.75) is 267 Å². The molecule has 26 nitrogen and oxygen atoms in total. The van der Waals surface area contributed by atoms with Gasteiger partial charge in [-0.25, -0.2) is 0 Å². The average molecular weight is 1210 g/mol. The van der Waals surface area contributed by atoms with Gasteiger partial charge < -0.3 is 124 Å². The van der Waals surface area contributed by atoms with Crippen LogP contribution in [0.4, 0.5) is 0 Å². The van der Waals surface area contributed by atoms with E-state index in [0.717, 1.165) is 24.8 Å². The number of carbonyl (C=O) groups is 1. The van der Waals surface area contributed by atoms with Crippen LogP contribution in [-0.4, -0.2) is 263 Å². The summed E-state index contributed by atoms with van der Waals surface area (Å²) in [7, 11) is 0. The van der Waals surface area contributed by atoms with E-state index in [1.165, 1.54) is 6.92 Å².